The lowest BCUT2D eigenvalue weighted by molar-refractivity contribution is -0.144. The van der Waals surface area contributed by atoms with E-state index in [0.29, 0.717) is 5.25 Å². The number of hydrogen-bond donors (Lipinski definition) is 1. The first-order valence-corrected chi connectivity index (χ1v) is 5.65. The van der Waals surface area contributed by atoms with Crippen LogP contribution in [0.4, 0.5) is 0 Å². The van der Waals surface area contributed by atoms with Crippen LogP contribution < -0.4 is 0 Å². The quantitative estimate of drug-likeness (QED) is 0.673. The third-order valence-electron chi connectivity index (χ3n) is 2.36. The van der Waals surface area contributed by atoms with Gasteiger partial charge < -0.3 is 5.11 Å². The largest absolute Gasteiger partial charge is 0.481 e. The van der Waals surface area contributed by atoms with Gasteiger partial charge in [-0.15, -0.1) is 0 Å². The van der Waals surface area contributed by atoms with Gasteiger partial charge in [-0.2, -0.15) is 11.8 Å². The SMILES string of the molecule is CCCCSC1CCC1C(=O)O. The van der Waals surface area contributed by atoms with Crippen LogP contribution in [0.1, 0.15) is 32.6 Å². The van der Waals surface area contributed by atoms with Crippen LogP contribution >= 0.6 is 11.8 Å². The van der Waals surface area contributed by atoms with Gasteiger partial charge in [-0.25, -0.2) is 0 Å². The van der Waals surface area contributed by atoms with Crippen molar-refractivity contribution in [2.45, 2.75) is 37.9 Å². The molecule has 3 heteroatoms. The Morgan fingerprint density at radius 1 is 1.58 bits per heavy atom. The van der Waals surface area contributed by atoms with E-state index in [1.807, 2.05) is 11.8 Å². The molecule has 1 fully saturated rings. The van der Waals surface area contributed by atoms with Crippen molar-refractivity contribution in [3.05, 3.63) is 0 Å². The molecule has 2 atom stereocenters. The van der Waals surface area contributed by atoms with Crippen LogP contribution in [0.5, 0.6) is 0 Å². The predicted molar refractivity (Wildman–Crippen MR) is 51.5 cm³/mol. The second-order valence-corrected chi connectivity index (χ2v) is 4.63. The molecule has 1 N–H and O–H groups in total. The Labute approximate surface area is 77.7 Å². The van der Waals surface area contributed by atoms with E-state index in [-0.39, 0.29) is 5.92 Å². The number of thioether (sulfide) groups is 1. The van der Waals surface area contributed by atoms with E-state index in [0.717, 1.165) is 18.6 Å². The summed E-state index contributed by atoms with van der Waals surface area (Å²) in [4.78, 5) is 10.6. The summed E-state index contributed by atoms with van der Waals surface area (Å²) in [5, 5.41) is 9.16. The third kappa shape index (κ3) is 2.41. The van der Waals surface area contributed by atoms with Crippen molar-refractivity contribution in [3.8, 4) is 0 Å². The van der Waals surface area contributed by atoms with Crippen LogP contribution in [0.2, 0.25) is 0 Å². The molecule has 1 rings (SSSR count). The molecule has 0 bridgehead atoms. The van der Waals surface area contributed by atoms with Crippen molar-refractivity contribution < 1.29 is 9.90 Å². The number of aliphatic carboxylic acids is 1. The van der Waals surface area contributed by atoms with Crippen LogP contribution in [0.15, 0.2) is 0 Å². The zero-order valence-electron chi connectivity index (χ0n) is 7.45. The van der Waals surface area contributed by atoms with Gasteiger partial charge in [0.05, 0.1) is 5.92 Å². The highest BCUT2D eigenvalue weighted by molar-refractivity contribution is 8.00. The molecule has 0 aliphatic heterocycles. The van der Waals surface area contributed by atoms with Gasteiger partial charge in [0.1, 0.15) is 0 Å². The lowest BCUT2D eigenvalue weighted by Gasteiger charge is -2.32. The van der Waals surface area contributed by atoms with Gasteiger partial charge in [0.15, 0.2) is 0 Å². The molecule has 70 valence electrons. The highest BCUT2D eigenvalue weighted by Crippen LogP contribution is 2.37. The smallest absolute Gasteiger partial charge is 0.307 e. The van der Waals surface area contributed by atoms with Crippen LogP contribution in [-0.4, -0.2) is 22.1 Å². The highest BCUT2D eigenvalue weighted by atomic mass is 32.2. The van der Waals surface area contributed by atoms with E-state index in [4.69, 9.17) is 5.11 Å². The Kier molecular flexibility index (Phi) is 3.92. The number of rotatable bonds is 5. The molecule has 1 saturated carbocycles. The summed E-state index contributed by atoms with van der Waals surface area (Å²) in [6, 6.07) is 0. The molecule has 1 aliphatic rings. The highest BCUT2D eigenvalue weighted by Gasteiger charge is 2.36. The maximum absolute atomic E-state index is 10.6. The van der Waals surface area contributed by atoms with Gasteiger partial charge in [0.2, 0.25) is 0 Å². The molecule has 0 heterocycles. The molecule has 0 aromatic carbocycles. The van der Waals surface area contributed by atoms with Crippen molar-refractivity contribution in [1.29, 1.82) is 0 Å². The minimum absolute atomic E-state index is 0.0492. The normalized spacial score (nSPS) is 28.1. The first-order chi connectivity index (χ1) is 5.75. The average molecular weight is 188 g/mol. The van der Waals surface area contributed by atoms with Crippen molar-refractivity contribution in [2.24, 2.45) is 5.92 Å². The summed E-state index contributed by atoms with van der Waals surface area (Å²) in [5.74, 6) is 0.479. The molecule has 0 radical (unpaired) electrons. The zero-order chi connectivity index (χ0) is 8.97. The summed E-state index contributed by atoms with van der Waals surface area (Å²) < 4.78 is 0. The van der Waals surface area contributed by atoms with Gasteiger partial charge in [-0.1, -0.05) is 13.3 Å². The molecule has 0 aromatic rings. The van der Waals surface area contributed by atoms with Gasteiger partial charge in [-0.05, 0) is 25.0 Å². The Balaban J connectivity index is 2.12. The summed E-state index contributed by atoms with van der Waals surface area (Å²) >= 11 is 1.84. The fourth-order valence-corrected chi connectivity index (χ4v) is 2.88. The number of carbonyl (C=O) groups is 1. The molecule has 2 unspecified atom stereocenters. The monoisotopic (exact) mass is 188 g/mol. The Hall–Kier alpha value is -0.180. The van der Waals surface area contributed by atoms with Crippen LogP contribution in [0.25, 0.3) is 0 Å². The van der Waals surface area contributed by atoms with E-state index in [2.05, 4.69) is 6.92 Å². The molecular formula is C9H16O2S. The van der Waals surface area contributed by atoms with E-state index < -0.39 is 5.97 Å². The fraction of sp³-hybridized carbons (Fsp3) is 0.889. The third-order valence-corrected chi connectivity index (χ3v) is 3.87. The van der Waals surface area contributed by atoms with Crippen LogP contribution in [0, 0.1) is 5.92 Å². The second-order valence-electron chi connectivity index (χ2n) is 3.28. The molecule has 12 heavy (non-hydrogen) atoms. The number of hydrogen-bond acceptors (Lipinski definition) is 2. The lowest BCUT2D eigenvalue weighted by Crippen LogP contribution is -2.35. The molecule has 0 amide bonds. The van der Waals surface area contributed by atoms with E-state index in [9.17, 15) is 4.79 Å². The maximum Gasteiger partial charge on any atom is 0.307 e. The summed E-state index contributed by atoms with van der Waals surface area (Å²) in [6.07, 6.45) is 4.41. The first kappa shape index (κ1) is 9.90. The number of unbranched alkanes of at least 4 members (excludes halogenated alkanes) is 1. The number of carboxylic acid groups (broad SMARTS) is 1. The lowest BCUT2D eigenvalue weighted by atomic mass is 9.85. The Morgan fingerprint density at radius 3 is 2.75 bits per heavy atom. The van der Waals surface area contributed by atoms with Crippen molar-refractivity contribution in [2.75, 3.05) is 5.75 Å². The van der Waals surface area contributed by atoms with Gasteiger partial charge in [0, 0.05) is 5.25 Å². The minimum atomic E-state index is -0.602. The second kappa shape index (κ2) is 4.75. The minimum Gasteiger partial charge on any atom is -0.481 e. The molecular weight excluding hydrogens is 172 g/mol. The first-order valence-electron chi connectivity index (χ1n) is 4.60. The van der Waals surface area contributed by atoms with Crippen molar-refractivity contribution in [1.82, 2.24) is 0 Å². The zero-order valence-corrected chi connectivity index (χ0v) is 8.27. The Bertz CT molecular complexity index is 159. The van der Waals surface area contributed by atoms with Crippen LogP contribution in [0.3, 0.4) is 0 Å². The van der Waals surface area contributed by atoms with Crippen molar-refractivity contribution in [3.63, 3.8) is 0 Å². The summed E-state index contributed by atoms with van der Waals surface area (Å²) in [6.45, 7) is 2.16. The summed E-state index contributed by atoms with van der Waals surface area (Å²) in [5.41, 5.74) is 0. The topological polar surface area (TPSA) is 37.3 Å². The van der Waals surface area contributed by atoms with E-state index >= 15 is 0 Å². The molecule has 0 spiro atoms. The fourth-order valence-electron chi connectivity index (χ4n) is 1.33. The maximum atomic E-state index is 10.6. The standard InChI is InChI=1S/C9H16O2S/c1-2-3-6-12-8-5-4-7(8)9(10)11/h7-8H,2-6H2,1H3,(H,10,11). The molecule has 0 saturated heterocycles. The molecule has 1 aliphatic carbocycles. The Morgan fingerprint density at radius 2 is 2.33 bits per heavy atom. The van der Waals surface area contributed by atoms with Crippen molar-refractivity contribution >= 4 is 17.7 Å². The summed E-state index contributed by atoms with van der Waals surface area (Å²) in [7, 11) is 0. The van der Waals surface area contributed by atoms with Gasteiger partial charge in [0.25, 0.3) is 0 Å². The van der Waals surface area contributed by atoms with E-state index in [1.54, 1.807) is 0 Å². The van der Waals surface area contributed by atoms with Gasteiger partial charge in [-0.3, -0.25) is 4.79 Å². The van der Waals surface area contributed by atoms with E-state index in [1.165, 1.54) is 12.8 Å². The number of carboxylic acids is 1. The average Bonchev–Trinajstić information content (AvgIpc) is 1.94. The molecule has 0 aromatic heterocycles. The van der Waals surface area contributed by atoms with Gasteiger partial charge >= 0.3 is 5.97 Å². The molecule has 2 nitrogen and oxygen atoms in total. The van der Waals surface area contributed by atoms with Crippen LogP contribution in [-0.2, 0) is 4.79 Å². The predicted octanol–water partition coefficient (Wildman–Crippen LogP) is 2.38.